The Hall–Kier alpha value is -3.06. The van der Waals surface area contributed by atoms with Crippen molar-refractivity contribution in [3.8, 4) is 0 Å². The molecule has 6 nitrogen and oxygen atoms in total. The van der Waals surface area contributed by atoms with Gasteiger partial charge in [-0.25, -0.2) is 4.79 Å². The average Bonchev–Trinajstić information content (AvgIpc) is 2.86. The fourth-order valence-corrected chi connectivity index (χ4v) is 4.56. The van der Waals surface area contributed by atoms with E-state index in [1.54, 1.807) is 43.5 Å². The second-order valence-corrected chi connectivity index (χ2v) is 11.0. The van der Waals surface area contributed by atoms with Crippen molar-refractivity contribution in [1.29, 1.82) is 0 Å². The summed E-state index contributed by atoms with van der Waals surface area (Å²) in [7, 11) is 0. The Morgan fingerprint density at radius 1 is 0.973 bits per heavy atom. The highest BCUT2D eigenvalue weighted by molar-refractivity contribution is 7.98. The van der Waals surface area contributed by atoms with Gasteiger partial charge in [0.25, 0.3) is 0 Å². The zero-order valence-electron chi connectivity index (χ0n) is 22.3. The second-order valence-electron chi connectivity index (χ2n) is 9.87. The van der Waals surface area contributed by atoms with Crippen molar-refractivity contribution in [3.05, 3.63) is 84.4 Å². The molecule has 0 heterocycles. The van der Waals surface area contributed by atoms with E-state index in [9.17, 15) is 14.4 Å². The number of thioether (sulfide) groups is 1. The number of alkyl carbamates (subject to hydrolysis) is 1. The zero-order chi connectivity index (χ0) is 27.1. The Bertz CT molecular complexity index is 990. The van der Waals surface area contributed by atoms with Gasteiger partial charge in [0.05, 0.1) is 0 Å². The molecule has 2 aromatic carbocycles. The number of amides is 2. The standard InChI is InChI=1S/C30H40N2O4S/c1-5-6-17-26(33)18-19-32(20-21-37-23-25-15-11-8-12-16-25)28(34)27(22-24-13-9-7-10-14-24)31-29(35)36-30(2,3)4/h5,7-16,27H,1,6,17-23H2,2-4H3,(H,31,35)/t27-/m0/s1. The van der Waals surface area contributed by atoms with E-state index in [4.69, 9.17) is 4.74 Å². The van der Waals surface area contributed by atoms with Crippen LogP contribution in [0.5, 0.6) is 0 Å². The van der Waals surface area contributed by atoms with Crippen molar-refractivity contribution in [1.82, 2.24) is 10.2 Å². The van der Waals surface area contributed by atoms with Crippen molar-refractivity contribution in [3.63, 3.8) is 0 Å². The van der Waals surface area contributed by atoms with E-state index in [1.165, 1.54) is 5.56 Å². The molecular weight excluding hydrogens is 484 g/mol. The number of Topliss-reactive ketones (excluding diaryl/α,β-unsaturated/α-hetero) is 1. The molecule has 0 spiro atoms. The molecule has 37 heavy (non-hydrogen) atoms. The largest absolute Gasteiger partial charge is 0.444 e. The van der Waals surface area contributed by atoms with Crippen LogP contribution in [0, 0.1) is 0 Å². The number of benzene rings is 2. The molecule has 0 bridgehead atoms. The third-order valence-electron chi connectivity index (χ3n) is 5.49. The van der Waals surface area contributed by atoms with Gasteiger partial charge in [0, 0.05) is 43.9 Å². The van der Waals surface area contributed by atoms with E-state index < -0.39 is 17.7 Å². The maximum Gasteiger partial charge on any atom is 0.408 e. The molecule has 2 amide bonds. The third-order valence-corrected chi connectivity index (χ3v) is 6.50. The minimum Gasteiger partial charge on any atom is -0.444 e. The number of ether oxygens (including phenoxy) is 1. The first-order valence-electron chi connectivity index (χ1n) is 12.7. The first kappa shape index (κ1) is 30.2. The van der Waals surface area contributed by atoms with Crippen LogP contribution in [-0.2, 0) is 26.5 Å². The van der Waals surface area contributed by atoms with E-state index in [0.717, 1.165) is 11.3 Å². The van der Waals surface area contributed by atoms with Crippen LogP contribution < -0.4 is 5.32 Å². The SMILES string of the molecule is C=CCCC(=O)CCN(CCSCc1ccccc1)C(=O)[C@H](Cc1ccccc1)NC(=O)OC(C)(C)C. The predicted molar refractivity (Wildman–Crippen MR) is 152 cm³/mol. The van der Waals surface area contributed by atoms with Crippen molar-refractivity contribution < 1.29 is 19.1 Å². The molecular formula is C30H40N2O4S. The molecule has 0 saturated heterocycles. The van der Waals surface area contributed by atoms with Crippen LogP contribution in [-0.4, -0.2) is 53.2 Å². The molecule has 200 valence electrons. The van der Waals surface area contributed by atoms with E-state index >= 15 is 0 Å². The van der Waals surface area contributed by atoms with Gasteiger partial charge in [0.1, 0.15) is 17.4 Å². The van der Waals surface area contributed by atoms with E-state index in [1.807, 2.05) is 48.5 Å². The summed E-state index contributed by atoms with van der Waals surface area (Å²) in [5.41, 5.74) is 1.46. The van der Waals surface area contributed by atoms with Gasteiger partial charge in [0.2, 0.25) is 5.91 Å². The molecule has 0 unspecified atom stereocenters. The van der Waals surface area contributed by atoms with Gasteiger partial charge < -0.3 is 15.0 Å². The monoisotopic (exact) mass is 524 g/mol. The lowest BCUT2D eigenvalue weighted by atomic mass is 10.0. The van der Waals surface area contributed by atoms with Crippen molar-refractivity contribution in [2.45, 2.75) is 63.9 Å². The summed E-state index contributed by atoms with van der Waals surface area (Å²) in [5.74, 6) is 1.43. The minimum absolute atomic E-state index is 0.0920. The molecule has 2 rings (SSSR count). The minimum atomic E-state index is -0.806. The first-order valence-corrected chi connectivity index (χ1v) is 13.9. The van der Waals surface area contributed by atoms with Crippen molar-refractivity contribution >= 4 is 29.5 Å². The predicted octanol–water partition coefficient (Wildman–Crippen LogP) is 5.81. The summed E-state index contributed by atoms with van der Waals surface area (Å²) < 4.78 is 5.44. The molecule has 7 heteroatoms. The molecule has 1 atom stereocenters. The molecule has 0 aliphatic heterocycles. The zero-order valence-corrected chi connectivity index (χ0v) is 23.1. The van der Waals surface area contributed by atoms with Gasteiger partial charge in [-0.05, 0) is 38.3 Å². The smallest absolute Gasteiger partial charge is 0.408 e. The number of hydrogen-bond acceptors (Lipinski definition) is 5. The third kappa shape index (κ3) is 12.6. The fraction of sp³-hybridized carbons (Fsp3) is 0.433. The van der Waals surface area contributed by atoms with Crippen LogP contribution in [0.4, 0.5) is 4.79 Å². The Kier molecular flexibility index (Phi) is 13.0. The molecule has 0 saturated carbocycles. The van der Waals surface area contributed by atoms with Gasteiger partial charge in [-0.15, -0.1) is 6.58 Å². The Labute approximate surface area is 225 Å². The summed E-state index contributed by atoms with van der Waals surface area (Å²) in [6.07, 6.45) is 2.72. The topological polar surface area (TPSA) is 75.7 Å². The van der Waals surface area contributed by atoms with Crippen LogP contribution >= 0.6 is 11.8 Å². The maximum absolute atomic E-state index is 13.8. The summed E-state index contributed by atoms with van der Waals surface area (Å²) >= 11 is 1.73. The summed E-state index contributed by atoms with van der Waals surface area (Å²) in [6, 6.07) is 18.9. The van der Waals surface area contributed by atoms with Crippen molar-refractivity contribution in [2.24, 2.45) is 0 Å². The lowest BCUT2D eigenvalue weighted by molar-refractivity contribution is -0.133. The summed E-state index contributed by atoms with van der Waals surface area (Å²) in [6.45, 7) is 9.81. The Balaban J connectivity index is 2.13. The highest BCUT2D eigenvalue weighted by Crippen LogP contribution is 2.14. The lowest BCUT2D eigenvalue weighted by Gasteiger charge is -2.29. The molecule has 0 aliphatic carbocycles. The normalized spacial score (nSPS) is 11.9. The number of carbonyl (C=O) groups is 3. The van der Waals surface area contributed by atoms with Gasteiger partial charge >= 0.3 is 6.09 Å². The molecule has 0 fully saturated rings. The van der Waals surface area contributed by atoms with E-state index in [-0.39, 0.29) is 18.1 Å². The number of rotatable bonds is 15. The number of hydrogen-bond donors (Lipinski definition) is 1. The number of ketones is 1. The molecule has 0 radical (unpaired) electrons. The number of allylic oxidation sites excluding steroid dienone is 1. The second kappa shape index (κ2) is 15.9. The van der Waals surface area contributed by atoms with Crippen LogP contribution in [0.3, 0.4) is 0 Å². The average molecular weight is 525 g/mol. The highest BCUT2D eigenvalue weighted by Gasteiger charge is 2.28. The maximum atomic E-state index is 13.8. The van der Waals surface area contributed by atoms with Gasteiger partial charge in [0.15, 0.2) is 0 Å². The molecule has 2 aromatic rings. The van der Waals surface area contributed by atoms with Gasteiger partial charge in [-0.3, -0.25) is 9.59 Å². The molecule has 1 N–H and O–H groups in total. The fourth-order valence-electron chi connectivity index (χ4n) is 3.64. The Morgan fingerprint density at radius 2 is 1.59 bits per heavy atom. The first-order chi connectivity index (χ1) is 17.7. The molecule has 0 aliphatic rings. The Morgan fingerprint density at radius 3 is 2.19 bits per heavy atom. The summed E-state index contributed by atoms with van der Waals surface area (Å²) in [4.78, 5) is 40.4. The number of nitrogens with one attached hydrogen (secondary N) is 1. The number of nitrogens with zero attached hydrogens (tertiary/aromatic N) is 1. The lowest BCUT2D eigenvalue weighted by Crippen LogP contribution is -2.51. The van der Waals surface area contributed by atoms with Crippen LogP contribution in [0.2, 0.25) is 0 Å². The van der Waals surface area contributed by atoms with Crippen LogP contribution in [0.15, 0.2) is 73.3 Å². The van der Waals surface area contributed by atoms with Crippen molar-refractivity contribution in [2.75, 3.05) is 18.8 Å². The quantitative estimate of drug-likeness (QED) is 0.235. The molecule has 0 aromatic heterocycles. The highest BCUT2D eigenvalue weighted by atomic mass is 32.2. The van der Waals surface area contributed by atoms with Gasteiger partial charge in [-0.1, -0.05) is 66.7 Å². The summed E-state index contributed by atoms with van der Waals surface area (Å²) in [5, 5.41) is 2.78. The van der Waals surface area contributed by atoms with Gasteiger partial charge in [-0.2, -0.15) is 11.8 Å². The van der Waals surface area contributed by atoms with Crippen LogP contribution in [0.1, 0.15) is 51.2 Å². The van der Waals surface area contributed by atoms with E-state index in [2.05, 4.69) is 24.0 Å². The van der Waals surface area contributed by atoms with E-state index in [0.29, 0.717) is 38.1 Å². The number of carbonyl (C=O) groups excluding carboxylic acids is 3. The van der Waals surface area contributed by atoms with Crippen LogP contribution in [0.25, 0.3) is 0 Å².